The maximum absolute atomic E-state index is 3.93. The zero-order chi connectivity index (χ0) is 14.3. The molecule has 0 aliphatic carbocycles. The van der Waals surface area contributed by atoms with Crippen LogP contribution < -0.4 is 5.32 Å². The van der Waals surface area contributed by atoms with Crippen LogP contribution in [0.2, 0.25) is 0 Å². The minimum Gasteiger partial charge on any atom is -0.306 e. The lowest BCUT2D eigenvalue weighted by Crippen LogP contribution is -2.56. The van der Waals surface area contributed by atoms with Crippen molar-refractivity contribution >= 4 is 0 Å². The van der Waals surface area contributed by atoms with Crippen molar-refractivity contribution in [2.75, 3.05) is 19.6 Å². The number of benzene rings is 1. The van der Waals surface area contributed by atoms with E-state index in [9.17, 15) is 0 Å². The molecule has 4 rings (SSSR count). The summed E-state index contributed by atoms with van der Waals surface area (Å²) in [5, 5.41) is 3.93. The Kier molecular flexibility index (Phi) is 3.87. The average molecular weight is 272 g/mol. The average Bonchev–Trinajstić information content (AvgIpc) is 2.38. The molecule has 1 aromatic rings. The van der Waals surface area contributed by atoms with Crippen LogP contribution in [0.5, 0.6) is 0 Å². The summed E-state index contributed by atoms with van der Waals surface area (Å²) in [6, 6.07) is 5.78. The Hall–Kier alpha value is -0.860. The molecular weight excluding hydrogens is 244 g/mol. The van der Waals surface area contributed by atoms with Crippen LogP contribution in [0.4, 0.5) is 0 Å². The first-order valence-corrected chi connectivity index (χ1v) is 8.10. The van der Waals surface area contributed by atoms with Crippen LogP contribution in [-0.2, 0) is 0 Å². The molecule has 3 fully saturated rings. The number of hydrogen-bond acceptors (Lipinski definition) is 2. The Morgan fingerprint density at radius 1 is 1.10 bits per heavy atom. The van der Waals surface area contributed by atoms with Crippen LogP contribution >= 0.6 is 0 Å². The second-order valence-electron chi connectivity index (χ2n) is 6.95. The van der Waals surface area contributed by atoms with Crippen molar-refractivity contribution in [3.63, 3.8) is 0 Å². The highest BCUT2D eigenvalue weighted by Crippen LogP contribution is 2.30. The molecule has 2 unspecified atom stereocenters. The summed E-state index contributed by atoms with van der Waals surface area (Å²) in [6.45, 7) is 12.9. The van der Waals surface area contributed by atoms with Gasteiger partial charge in [0, 0.05) is 18.6 Å². The Labute approximate surface area is 123 Å². The third-order valence-corrected chi connectivity index (χ3v) is 5.29. The van der Waals surface area contributed by atoms with Crippen molar-refractivity contribution in [1.29, 1.82) is 0 Å². The molecular formula is C18H28N2. The van der Waals surface area contributed by atoms with Crippen molar-refractivity contribution in [2.45, 2.75) is 52.6 Å². The fraction of sp³-hybridized carbons (Fsp3) is 0.667. The number of piperidine rings is 3. The first-order valence-electron chi connectivity index (χ1n) is 8.10. The standard InChI is InChI=1S/C18H28N2/c1-12-9-13(2)18(14(3)10-12)15(4)19-17-11-20-7-5-16(17)6-8-20/h9-10,15-17,19H,5-8,11H2,1-4H3. The van der Waals surface area contributed by atoms with E-state index in [1.165, 1.54) is 54.7 Å². The molecule has 2 nitrogen and oxygen atoms in total. The fourth-order valence-corrected chi connectivity index (χ4v) is 4.43. The predicted molar refractivity (Wildman–Crippen MR) is 85.2 cm³/mol. The number of rotatable bonds is 3. The van der Waals surface area contributed by atoms with Gasteiger partial charge in [-0.25, -0.2) is 0 Å². The number of fused-ring (bicyclic) bond motifs is 3. The molecule has 0 saturated carbocycles. The normalized spacial score (nSPS) is 30.5. The molecule has 3 aliphatic heterocycles. The molecule has 2 atom stereocenters. The molecule has 1 N–H and O–H groups in total. The molecule has 2 bridgehead atoms. The van der Waals surface area contributed by atoms with Crippen molar-refractivity contribution in [2.24, 2.45) is 5.92 Å². The zero-order valence-electron chi connectivity index (χ0n) is 13.4. The number of nitrogens with one attached hydrogen (secondary N) is 1. The van der Waals surface area contributed by atoms with Gasteiger partial charge in [-0.15, -0.1) is 0 Å². The summed E-state index contributed by atoms with van der Waals surface area (Å²) < 4.78 is 0. The van der Waals surface area contributed by atoms with E-state index in [0.717, 1.165) is 5.92 Å². The maximum atomic E-state index is 3.93. The van der Waals surface area contributed by atoms with Gasteiger partial charge in [0.25, 0.3) is 0 Å². The van der Waals surface area contributed by atoms with Gasteiger partial charge in [-0.05, 0) is 76.2 Å². The van der Waals surface area contributed by atoms with Crippen LogP contribution in [0.15, 0.2) is 12.1 Å². The van der Waals surface area contributed by atoms with Gasteiger partial charge < -0.3 is 10.2 Å². The lowest BCUT2D eigenvalue weighted by atomic mass is 9.83. The van der Waals surface area contributed by atoms with Crippen LogP contribution in [0, 0.1) is 26.7 Å². The summed E-state index contributed by atoms with van der Waals surface area (Å²) >= 11 is 0. The van der Waals surface area contributed by atoms with Gasteiger partial charge in [0.2, 0.25) is 0 Å². The molecule has 20 heavy (non-hydrogen) atoms. The zero-order valence-corrected chi connectivity index (χ0v) is 13.4. The Morgan fingerprint density at radius 2 is 1.70 bits per heavy atom. The first kappa shape index (κ1) is 14.1. The third-order valence-electron chi connectivity index (χ3n) is 5.29. The van der Waals surface area contributed by atoms with Gasteiger partial charge in [-0.2, -0.15) is 0 Å². The first-order chi connectivity index (χ1) is 9.54. The molecule has 3 heterocycles. The summed E-state index contributed by atoms with van der Waals surface area (Å²) in [4.78, 5) is 2.62. The molecule has 2 heteroatoms. The predicted octanol–water partition coefficient (Wildman–Crippen LogP) is 3.36. The van der Waals surface area contributed by atoms with Crippen LogP contribution in [0.1, 0.15) is 48.1 Å². The number of hydrogen-bond donors (Lipinski definition) is 1. The van der Waals surface area contributed by atoms with Crippen molar-refractivity contribution in [3.05, 3.63) is 34.4 Å². The lowest BCUT2D eigenvalue weighted by Gasteiger charge is -2.46. The minimum atomic E-state index is 0.459. The van der Waals surface area contributed by atoms with Crippen LogP contribution in [0.25, 0.3) is 0 Å². The number of nitrogens with zero attached hydrogens (tertiary/aromatic N) is 1. The van der Waals surface area contributed by atoms with Gasteiger partial charge in [0.15, 0.2) is 0 Å². The van der Waals surface area contributed by atoms with E-state index in [0.29, 0.717) is 12.1 Å². The highest BCUT2D eigenvalue weighted by Gasteiger charge is 2.34. The van der Waals surface area contributed by atoms with E-state index in [2.05, 4.69) is 50.0 Å². The number of aryl methyl sites for hydroxylation is 3. The summed E-state index contributed by atoms with van der Waals surface area (Å²) in [7, 11) is 0. The van der Waals surface area contributed by atoms with E-state index in [1.54, 1.807) is 0 Å². The largest absolute Gasteiger partial charge is 0.306 e. The van der Waals surface area contributed by atoms with Gasteiger partial charge in [0.05, 0.1) is 0 Å². The molecule has 0 spiro atoms. The van der Waals surface area contributed by atoms with Crippen molar-refractivity contribution < 1.29 is 0 Å². The Bertz CT molecular complexity index is 463. The van der Waals surface area contributed by atoms with Crippen LogP contribution in [-0.4, -0.2) is 30.6 Å². The highest BCUT2D eigenvalue weighted by molar-refractivity contribution is 5.39. The van der Waals surface area contributed by atoms with E-state index < -0.39 is 0 Å². The smallest absolute Gasteiger partial charge is 0.0300 e. The SMILES string of the molecule is Cc1cc(C)c(C(C)NC2CN3CCC2CC3)c(C)c1. The molecule has 0 radical (unpaired) electrons. The molecule has 1 aromatic carbocycles. The van der Waals surface area contributed by atoms with Crippen molar-refractivity contribution in [1.82, 2.24) is 10.2 Å². The van der Waals surface area contributed by atoms with Gasteiger partial charge >= 0.3 is 0 Å². The monoisotopic (exact) mass is 272 g/mol. The van der Waals surface area contributed by atoms with Crippen LogP contribution in [0.3, 0.4) is 0 Å². The molecule has 3 saturated heterocycles. The fourth-order valence-electron chi connectivity index (χ4n) is 4.43. The third kappa shape index (κ3) is 2.64. The molecule has 110 valence electrons. The topological polar surface area (TPSA) is 15.3 Å². The maximum Gasteiger partial charge on any atom is 0.0300 e. The van der Waals surface area contributed by atoms with Gasteiger partial charge in [-0.1, -0.05) is 17.7 Å². The second-order valence-corrected chi connectivity index (χ2v) is 6.95. The quantitative estimate of drug-likeness (QED) is 0.907. The minimum absolute atomic E-state index is 0.459. The van der Waals surface area contributed by atoms with E-state index in [-0.39, 0.29) is 0 Å². The Balaban J connectivity index is 1.75. The highest BCUT2D eigenvalue weighted by atomic mass is 15.2. The summed E-state index contributed by atoms with van der Waals surface area (Å²) in [5.74, 6) is 0.897. The van der Waals surface area contributed by atoms with Gasteiger partial charge in [0.1, 0.15) is 0 Å². The van der Waals surface area contributed by atoms with E-state index in [4.69, 9.17) is 0 Å². The van der Waals surface area contributed by atoms with E-state index in [1.807, 2.05) is 0 Å². The second kappa shape index (κ2) is 5.50. The van der Waals surface area contributed by atoms with Crippen molar-refractivity contribution in [3.8, 4) is 0 Å². The molecule has 0 amide bonds. The lowest BCUT2D eigenvalue weighted by molar-refractivity contribution is 0.0679. The van der Waals surface area contributed by atoms with E-state index >= 15 is 0 Å². The summed E-state index contributed by atoms with van der Waals surface area (Å²) in [6.07, 6.45) is 2.77. The molecule has 0 aromatic heterocycles. The van der Waals surface area contributed by atoms with Gasteiger partial charge in [-0.3, -0.25) is 0 Å². The summed E-state index contributed by atoms with van der Waals surface area (Å²) in [5.41, 5.74) is 5.75. The molecule has 3 aliphatic rings. The Morgan fingerprint density at radius 3 is 2.20 bits per heavy atom.